The Hall–Kier alpha value is -2.60. The number of nitrogens with one attached hydrogen (secondary N) is 2. The number of para-hydroxylation sites is 1. The van der Waals surface area contributed by atoms with E-state index >= 15 is 0 Å². The van der Waals surface area contributed by atoms with Crippen LogP contribution in [0.25, 0.3) is 21.8 Å². The molecule has 1 amide bonds. The van der Waals surface area contributed by atoms with Crippen molar-refractivity contribution in [1.29, 1.82) is 0 Å². The van der Waals surface area contributed by atoms with Crippen molar-refractivity contribution in [3.05, 3.63) is 46.4 Å². The van der Waals surface area contributed by atoms with Crippen LogP contribution in [-0.2, 0) is 0 Å². The summed E-state index contributed by atoms with van der Waals surface area (Å²) in [5.74, 6) is -0.191. The highest BCUT2D eigenvalue weighted by molar-refractivity contribution is 9.10. The van der Waals surface area contributed by atoms with Crippen LogP contribution in [0.4, 0.5) is 5.69 Å². The standard InChI is InChI=1S/C18H15BrN4O/c1-23(2)9-8-21-18(24)14-5-3-4-13-16(20)12-7-6-11(19)10-15(12)22-17(13)14/h3-10H,1-2H3,(H-,20,22,24)/p+3. The average Bonchev–Trinajstić information content (AvgIpc) is 2.54. The first kappa shape index (κ1) is 16.3. The molecule has 2 aromatic carbocycles. The van der Waals surface area contributed by atoms with E-state index in [1.54, 1.807) is 18.5 Å². The van der Waals surface area contributed by atoms with Gasteiger partial charge in [0.05, 0.1) is 16.5 Å². The van der Waals surface area contributed by atoms with Crippen LogP contribution in [0.1, 0.15) is 10.4 Å². The maximum atomic E-state index is 12.5. The first-order valence-corrected chi connectivity index (χ1v) is 8.23. The molecule has 0 saturated heterocycles. The summed E-state index contributed by atoms with van der Waals surface area (Å²) < 4.78 is 2.79. The summed E-state index contributed by atoms with van der Waals surface area (Å²) >= 11 is 3.46. The zero-order valence-electron chi connectivity index (χ0n) is 13.4. The van der Waals surface area contributed by atoms with Crippen molar-refractivity contribution in [1.82, 2.24) is 0 Å². The van der Waals surface area contributed by atoms with Gasteiger partial charge in [-0.3, -0.25) is 0 Å². The molecule has 0 bridgehead atoms. The van der Waals surface area contributed by atoms with Crippen molar-refractivity contribution in [2.24, 2.45) is 0 Å². The Labute approximate surface area is 147 Å². The minimum atomic E-state index is -0.191. The molecule has 0 aliphatic rings. The van der Waals surface area contributed by atoms with Crippen molar-refractivity contribution in [2.75, 3.05) is 19.8 Å². The van der Waals surface area contributed by atoms with E-state index in [1.807, 2.05) is 49.0 Å². The number of halogens is 1. The Morgan fingerprint density at radius 2 is 2.04 bits per heavy atom. The molecular formula is C18H18BrN4O+3. The fourth-order valence-electron chi connectivity index (χ4n) is 2.57. The van der Waals surface area contributed by atoms with Crippen LogP contribution in [-0.4, -0.2) is 37.0 Å². The first-order valence-electron chi connectivity index (χ1n) is 7.44. The zero-order chi connectivity index (χ0) is 17.3. The molecule has 6 heteroatoms. The summed E-state index contributed by atoms with van der Waals surface area (Å²) in [4.78, 5) is 18.6. The molecule has 0 aliphatic heterocycles. The predicted molar refractivity (Wildman–Crippen MR) is 99.7 cm³/mol. The van der Waals surface area contributed by atoms with Gasteiger partial charge in [-0.15, -0.1) is 0 Å². The maximum absolute atomic E-state index is 12.5. The largest absolute Gasteiger partial charge is 0.424 e. The van der Waals surface area contributed by atoms with Gasteiger partial charge >= 0.3 is 5.91 Å². The first-order chi connectivity index (χ1) is 11.5. The summed E-state index contributed by atoms with van der Waals surface area (Å²) in [6.45, 7) is 0. The van der Waals surface area contributed by atoms with Gasteiger partial charge in [-0.05, 0) is 24.3 Å². The van der Waals surface area contributed by atoms with Crippen LogP contribution < -0.4 is 15.7 Å². The van der Waals surface area contributed by atoms with Gasteiger partial charge in [0.1, 0.15) is 14.1 Å². The second-order valence-corrected chi connectivity index (χ2v) is 6.63. The van der Waals surface area contributed by atoms with Gasteiger partial charge in [0.25, 0.3) is 0 Å². The second-order valence-electron chi connectivity index (χ2n) is 5.71. The summed E-state index contributed by atoms with van der Waals surface area (Å²) in [5.41, 5.74) is 9.12. The van der Waals surface area contributed by atoms with E-state index in [2.05, 4.69) is 25.9 Å². The molecule has 4 N–H and O–H groups in total. The number of carbonyl (C=O) groups excluding carboxylic acids is 1. The number of amides is 1. The quantitative estimate of drug-likeness (QED) is 0.388. The lowest BCUT2D eigenvalue weighted by atomic mass is 10.0. The van der Waals surface area contributed by atoms with Gasteiger partial charge in [-0.25, -0.2) is 14.4 Å². The van der Waals surface area contributed by atoms with Crippen LogP contribution in [0.2, 0.25) is 0 Å². The number of benzene rings is 2. The van der Waals surface area contributed by atoms with Crippen molar-refractivity contribution in [2.45, 2.75) is 0 Å². The number of hydrogen-bond acceptors (Lipinski definition) is 2. The van der Waals surface area contributed by atoms with E-state index in [0.717, 1.165) is 26.3 Å². The van der Waals surface area contributed by atoms with Crippen LogP contribution in [0.3, 0.4) is 0 Å². The molecule has 3 aromatic rings. The Morgan fingerprint density at radius 3 is 2.79 bits per heavy atom. The van der Waals surface area contributed by atoms with Gasteiger partial charge in [0.2, 0.25) is 23.5 Å². The predicted octanol–water partition coefficient (Wildman–Crippen LogP) is 0.786. The number of H-pyrrole nitrogens is 1. The van der Waals surface area contributed by atoms with Gasteiger partial charge in [-0.2, -0.15) is 4.99 Å². The van der Waals surface area contributed by atoms with Crippen molar-refractivity contribution in [3.63, 3.8) is 0 Å². The third-order valence-electron chi connectivity index (χ3n) is 3.72. The summed E-state index contributed by atoms with van der Waals surface area (Å²) in [6.07, 6.45) is 3.38. The molecule has 0 saturated carbocycles. The second kappa shape index (κ2) is 6.49. The number of nitrogens with two attached hydrogens (primary N) is 1. The van der Waals surface area contributed by atoms with Crippen molar-refractivity contribution in [3.8, 4) is 0 Å². The van der Waals surface area contributed by atoms with Gasteiger partial charge in [0, 0.05) is 10.5 Å². The number of nitrogens with zero attached hydrogens (tertiary/aromatic N) is 1. The molecule has 24 heavy (non-hydrogen) atoms. The molecule has 5 nitrogen and oxygen atoms in total. The maximum Gasteiger partial charge on any atom is 0.424 e. The highest BCUT2D eigenvalue weighted by atomic mass is 79.9. The minimum Gasteiger partial charge on any atom is -0.397 e. The van der Waals surface area contributed by atoms with Crippen molar-refractivity contribution >= 4 is 61.8 Å². The lowest BCUT2D eigenvalue weighted by molar-refractivity contribution is -0.459. The molecular weight excluding hydrogens is 368 g/mol. The lowest BCUT2D eigenvalue weighted by Gasteiger charge is -2.03. The molecule has 0 fully saturated rings. The summed E-state index contributed by atoms with van der Waals surface area (Å²) in [7, 11) is 3.78. The van der Waals surface area contributed by atoms with Crippen LogP contribution in [0.5, 0.6) is 0 Å². The number of carbonyl (C=O) groups is 1. The van der Waals surface area contributed by atoms with E-state index < -0.39 is 0 Å². The number of nitrogen functional groups attached to an aromatic ring is 1. The van der Waals surface area contributed by atoms with Crippen molar-refractivity contribution < 1.29 is 19.3 Å². The SMILES string of the molecule is C[N+](C)=CC=[NH+]C(=O)c1cccc2c(N)c3ccc(Br)cc3[nH+]c12. The summed E-state index contributed by atoms with van der Waals surface area (Å²) in [5, 5.41) is 1.75. The Morgan fingerprint density at radius 1 is 1.25 bits per heavy atom. The molecule has 0 atom stereocenters. The molecule has 1 aromatic heterocycles. The van der Waals surface area contributed by atoms with E-state index in [4.69, 9.17) is 5.73 Å². The third-order valence-corrected chi connectivity index (χ3v) is 4.21. The topological polar surface area (TPSA) is 74.2 Å². The van der Waals surface area contributed by atoms with Gasteiger partial charge in [-0.1, -0.05) is 22.0 Å². The highest BCUT2D eigenvalue weighted by Gasteiger charge is 2.22. The number of hydrogen-bond donors (Lipinski definition) is 2. The van der Waals surface area contributed by atoms with E-state index in [-0.39, 0.29) is 5.91 Å². The van der Waals surface area contributed by atoms with E-state index in [0.29, 0.717) is 11.3 Å². The number of aromatic nitrogens is 1. The number of aromatic amines is 1. The monoisotopic (exact) mass is 385 g/mol. The molecule has 1 heterocycles. The number of rotatable bonds is 2. The Balaban J connectivity index is 2.22. The lowest BCUT2D eigenvalue weighted by Crippen LogP contribution is -2.74. The number of fused-ring (bicyclic) bond motifs is 2. The molecule has 0 spiro atoms. The zero-order valence-corrected chi connectivity index (χ0v) is 15.0. The van der Waals surface area contributed by atoms with Gasteiger partial charge < -0.3 is 5.73 Å². The van der Waals surface area contributed by atoms with Crippen LogP contribution >= 0.6 is 15.9 Å². The average molecular weight is 386 g/mol. The number of anilines is 1. The minimum absolute atomic E-state index is 0.191. The van der Waals surface area contributed by atoms with E-state index in [9.17, 15) is 4.79 Å². The molecule has 0 aliphatic carbocycles. The van der Waals surface area contributed by atoms with Crippen LogP contribution in [0, 0.1) is 0 Å². The molecule has 120 valence electrons. The third kappa shape index (κ3) is 3.05. The smallest absolute Gasteiger partial charge is 0.397 e. The number of pyridine rings is 1. The summed E-state index contributed by atoms with van der Waals surface area (Å²) in [6, 6.07) is 11.4. The highest BCUT2D eigenvalue weighted by Crippen LogP contribution is 2.28. The van der Waals surface area contributed by atoms with E-state index in [1.165, 1.54) is 0 Å². The Kier molecular flexibility index (Phi) is 4.40. The fourth-order valence-corrected chi connectivity index (χ4v) is 2.94. The molecule has 0 radical (unpaired) electrons. The van der Waals surface area contributed by atoms with Crippen LogP contribution in [0.15, 0.2) is 40.9 Å². The van der Waals surface area contributed by atoms with Gasteiger partial charge in [0.15, 0.2) is 5.56 Å². The normalized spacial score (nSPS) is 11.3. The fraction of sp³-hybridized carbons (Fsp3) is 0.111. The molecule has 0 unspecified atom stereocenters. The molecule has 3 rings (SSSR count). The Bertz CT molecular complexity index is 1020.